The molecule has 52 heavy (non-hydrogen) atoms. The van der Waals surface area contributed by atoms with E-state index in [1.807, 2.05) is 18.2 Å². The van der Waals surface area contributed by atoms with Crippen molar-refractivity contribution in [2.45, 2.75) is 0 Å². The lowest BCUT2D eigenvalue weighted by atomic mass is 10.0. The maximum absolute atomic E-state index is 5.21. The van der Waals surface area contributed by atoms with E-state index in [0.717, 1.165) is 50.3 Å². The number of benzene rings is 8. The normalized spacial score (nSPS) is 11.8. The molecule has 0 saturated carbocycles. The van der Waals surface area contributed by atoms with Gasteiger partial charge in [0.05, 0.1) is 33.3 Å². The second kappa shape index (κ2) is 11.2. The summed E-state index contributed by atoms with van der Waals surface area (Å²) in [5.41, 5.74) is 10.9. The molecule has 11 rings (SSSR count). The highest BCUT2D eigenvalue weighted by atomic mass is 15.0. The summed E-state index contributed by atoms with van der Waals surface area (Å²) >= 11 is 0. The van der Waals surface area contributed by atoms with Crippen LogP contribution in [0.5, 0.6) is 0 Å². The van der Waals surface area contributed by atoms with Gasteiger partial charge in [0.1, 0.15) is 0 Å². The average Bonchev–Trinajstić information content (AvgIpc) is 3.73. The van der Waals surface area contributed by atoms with Gasteiger partial charge in [-0.25, -0.2) is 9.97 Å². The predicted octanol–water partition coefficient (Wildman–Crippen LogP) is 12.3. The summed E-state index contributed by atoms with van der Waals surface area (Å²) < 4.78 is 4.79. The number of nitrogens with zero attached hydrogens (tertiary/aromatic N) is 4. The Bertz CT molecular complexity index is 3120. The summed E-state index contributed by atoms with van der Waals surface area (Å²) in [4.78, 5) is 10.3. The van der Waals surface area contributed by atoms with E-state index >= 15 is 0 Å². The summed E-state index contributed by atoms with van der Waals surface area (Å²) in [6, 6.07) is 64.9. The standard InChI is InChI=1S/C48H30N4/c1-2-13-33(14-3-1)48-49-46(41-28-24-31-12-4-5-15-36(31)47(41)50-48)32-22-25-34(26-23-32)51-42-19-9-8-18-39(42)40-29-27-35(30-45(40)51)52-43-20-10-6-16-37(43)38-17-7-11-21-44(38)52/h1-30H. The Kier molecular flexibility index (Phi) is 6.22. The highest BCUT2D eigenvalue weighted by Gasteiger charge is 2.18. The second-order valence-electron chi connectivity index (χ2n) is 13.4. The number of rotatable bonds is 4. The van der Waals surface area contributed by atoms with Crippen molar-refractivity contribution in [3.05, 3.63) is 182 Å². The third kappa shape index (κ3) is 4.28. The molecule has 0 spiro atoms. The van der Waals surface area contributed by atoms with Crippen molar-refractivity contribution >= 4 is 65.3 Å². The van der Waals surface area contributed by atoms with Crippen LogP contribution in [0.3, 0.4) is 0 Å². The van der Waals surface area contributed by atoms with E-state index in [2.05, 4.69) is 173 Å². The largest absolute Gasteiger partial charge is 0.309 e. The average molecular weight is 663 g/mol. The Hall–Kier alpha value is -7.04. The summed E-state index contributed by atoms with van der Waals surface area (Å²) in [7, 11) is 0. The lowest BCUT2D eigenvalue weighted by Crippen LogP contribution is -1.98. The van der Waals surface area contributed by atoms with Crippen molar-refractivity contribution < 1.29 is 0 Å². The van der Waals surface area contributed by atoms with E-state index in [1.165, 1.54) is 49.0 Å². The molecule has 0 bridgehead atoms. The van der Waals surface area contributed by atoms with Crippen LogP contribution in [0.1, 0.15) is 0 Å². The lowest BCUT2D eigenvalue weighted by molar-refractivity contribution is 1.15. The van der Waals surface area contributed by atoms with Crippen LogP contribution >= 0.6 is 0 Å². The monoisotopic (exact) mass is 662 g/mol. The van der Waals surface area contributed by atoms with Crippen LogP contribution in [0.2, 0.25) is 0 Å². The van der Waals surface area contributed by atoms with Crippen molar-refractivity contribution in [1.29, 1.82) is 0 Å². The van der Waals surface area contributed by atoms with E-state index in [4.69, 9.17) is 9.97 Å². The van der Waals surface area contributed by atoms with Crippen LogP contribution in [0, 0.1) is 0 Å². The molecule has 0 aliphatic heterocycles. The van der Waals surface area contributed by atoms with Crippen LogP contribution in [-0.4, -0.2) is 19.1 Å². The quantitative estimate of drug-likeness (QED) is 0.176. The molecule has 0 unspecified atom stereocenters. The number of hydrogen-bond donors (Lipinski definition) is 0. The maximum Gasteiger partial charge on any atom is 0.160 e. The first-order valence-electron chi connectivity index (χ1n) is 17.7. The first kappa shape index (κ1) is 28.8. The van der Waals surface area contributed by atoms with Crippen LogP contribution < -0.4 is 0 Å². The molecule has 0 N–H and O–H groups in total. The molecule has 4 heteroatoms. The van der Waals surface area contributed by atoms with Gasteiger partial charge in [-0.15, -0.1) is 0 Å². The molecule has 242 valence electrons. The van der Waals surface area contributed by atoms with Gasteiger partial charge in [-0.05, 0) is 53.9 Å². The minimum absolute atomic E-state index is 0.725. The van der Waals surface area contributed by atoms with Gasteiger partial charge in [0.2, 0.25) is 0 Å². The summed E-state index contributed by atoms with van der Waals surface area (Å²) in [5, 5.41) is 8.31. The van der Waals surface area contributed by atoms with Crippen molar-refractivity contribution in [3.63, 3.8) is 0 Å². The molecule has 3 aromatic heterocycles. The Labute approximate surface area is 299 Å². The molecule has 0 atom stereocenters. The Morgan fingerprint density at radius 2 is 0.846 bits per heavy atom. The first-order chi connectivity index (χ1) is 25.8. The summed E-state index contributed by atoms with van der Waals surface area (Å²) in [5.74, 6) is 0.725. The minimum atomic E-state index is 0.725. The van der Waals surface area contributed by atoms with Crippen molar-refractivity contribution in [1.82, 2.24) is 19.1 Å². The van der Waals surface area contributed by atoms with E-state index in [1.54, 1.807) is 0 Å². The molecular weight excluding hydrogens is 633 g/mol. The van der Waals surface area contributed by atoms with Crippen molar-refractivity contribution in [2.24, 2.45) is 0 Å². The van der Waals surface area contributed by atoms with Gasteiger partial charge in [0.15, 0.2) is 5.82 Å². The Morgan fingerprint density at radius 3 is 1.52 bits per heavy atom. The van der Waals surface area contributed by atoms with Gasteiger partial charge in [-0.1, -0.05) is 133 Å². The summed E-state index contributed by atoms with van der Waals surface area (Å²) in [6.07, 6.45) is 0. The Balaban J connectivity index is 1.11. The number of hydrogen-bond acceptors (Lipinski definition) is 2. The zero-order chi connectivity index (χ0) is 34.2. The predicted molar refractivity (Wildman–Crippen MR) is 217 cm³/mol. The molecule has 4 nitrogen and oxygen atoms in total. The molecule has 0 radical (unpaired) electrons. The molecule has 11 aromatic rings. The topological polar surface area (TPSA) is 35.6 Å². The van der Waals surface area contributed by atoms with Gasteiger partial charge >= 0.3 is 0 Å². The molecule has 0 saturated heterocycles. The molecule has 8 aromatic carbocycles. The highest BCUT2D eigenvalue weighted by Crippen LogP contribution is 2.38. The minimum Gasteiger partial charge on any atom is -0.309 e. The third-order valence-electron chi connectivity index (χ3n) is 10.5. The van der Waals surface area contributed by atoms with Gasteiger partial charge < -0.3 is 9.13 Å². The van der Waals surface area contributed by atoms with E-state index < -0.39 is 0 Å². The van der Waals surface area contributed by atoms with Crippen LogP contribution in [0.15, 0.2) is 182 Å². The lowest BCUT2D eigenvalue weighted by Gasteiger charge is -2.13. The number of fused-ring (bicyclic) bond motifs is 9. The van der Waals surface area contributed by atoms with E-state index in [9.17, 15) is 0 Å². The smallest absolute Gasteiger partial charge is 0.160 e. The van der Waals surface area contributed by atoms with E-state index in [-0.39, 0.29) is 0 Å². The van der Waals surface area contributed by atoms with Crippen LogP contribution in [-0.2, 0) is 0 Å². The zero-order valence-electron chi connectivity index (χ0n) is 28.1. The molecule has 0 fully saturated rings. The fraction of sp³-hybridized carbons (Fsp3) is 0. The maximum atomic E-state index is 5.21. The third-order valence-corrected chi connectivity index (χ3v) is 10.5. The van der Waals surface area contributed by atoms with Crippen molar-refractivity contribution in [3.8, 4) is 34.0 Å². The fourth-order valence-electron chi connectivity index (χ4n) is 8.15. The first-order valence-corrected chi connectivity index (χ1v) is 17.7. The molecule has 0 amide bonds. The highest BCUT2D eigenvalue weighted by molar-refractivity contribution is 6.12. The molecule has 0 aliphatic rings. The Morgan fingerprint density at radius 1 is 0.327 bits per heavy atom. The molecule has 0 aliphatic carbocycles. The van der Waals surface area contributed by atoms with Crippen LogP contribution in [0.4, 0.5) is 0 Å². The van der Waals surface area contributed by atoms with Crippen LogP contribution in [0.25, 0.3) is 99.3 Å². The van der Waals surface area contributed by atoms with Gasteiger partial charge in [-0.3, -0.25) is 0 Å². The second-order valence-corrected chi connectivity index (χ2v) is 13.4. The van der Waals surface area contributed by atoms with Gasteiger partial charge in [-0.2, -0.15) is 0 Å². The number of aromatic nitrogens is 4. The van der Waals surface area contributed by atoms with Gasteiger partial charge in [0.25, 0.3) is 0 Å². The zero-order valence-corrected chi connectivity index (χ0v) is 28.1. The molecular formula is C48H30N4. The van der Waals surface area contributed by atoms with Gasteiger partial charge in [0, 0.05) is 54.8 Å². The van der Waals surface area contributed by atoms with E-state index in [0.29, 0.717) is 0 Å². The SMILES string of the molecule is c1ccc(-c2nc(-c3ccc(-n4c5ccccc5c5ccc(-n6c7ccccc7c7ccccc76)cc54)cc3)c3ccc4ccccc4c3n2)cc1. The summed E-state index contributed by atoms with van der Waals surface area (Å²) in [6.45, 7) is 0. The molecule has 3 heterocycles. The number of para-hydroxylation sites is 3. The fourth-order valence-corrected chi connectivity index (χ4v) is 8.15. The van der Waals surface area contributed by atoms with Crippen molar-refractivity contribution in [2.75, 3.05) is 0 Å².